The van der Waals surface area contributed by atoms with Crippen molar-refractivity contribution in [1.82, 2.24) is 4.73 Å². The zero-order chi connectivity index (χ0) is 23.6. The lowest BCUT2D eigenvalue weighted by Gasteiger charge is -2.19. The van der Waals surface area contributed by atoms with E-state index in [4.69, 9.17) is 9.57 Å². The minimum absolute atomic E-state index is 0.000158. The first-order valence-corrected chi connectivity index (χ1v) is 11.0. The Morgan fingerprint density at radius 2 is 1.61 bits per heavy atom. The summed E-state index contributed by atoms with van der Waals surface area (Å²) in [5, 5.41) is 13.1. The van der Waals surface area contributed by atoms with Gasteiger partial charge in [0.2, 0.25) is 5.52 Å². The third-order valence-electron chi connectivity index (χ3n) is 5.53. The zero-order valence-electron chi connectivity index (χ0n) is 19.4. The number of benzene rings is 3. The van der Waals surface area contributed by atoms with Crippen molar-refractivity contribution in [1.29, 1.82) is 0 Å². The number of aromatic nitrogens is 2. The first-order chi connectivity index (χ1) is 15.8. The van der Waals surface area contributed by atoms with Gasteiger partial charge in [0.05, 0.1) is 12.2 Å². The van der Waals surface area contributed by atoms with Crippen LogP contribution in [-0.4, -0.2) is 11.3 Å². The van der Waals surface area contributed by atoms with Crippen LogP contribution in [0.3, 0.4) is 0 Å². The Morgan fingerprint density at radius 1 is 0.939 bits per heavy atom. The Bertz CT molecular complexity index is 1320. The Balaban J connectivity index is 1.74. The van der Waals surface area contributed by atoms with Gasteiger partial charge in [-0.15, -0.1) is 4.73 Å². The quantitative estimate of drug-likeness (QED) is 0.321. The highest BCUT2D eigenvalue weighted by molar-refractivity contribution is 5.73. The number of nitrogens with zero attached hydrogens (tertiary/aromatic N) is 2. The first kappa shape index (κ1) is 22.4. The number of para-hydroxylation sites is 2. The van der Waals surface area contributed by atoms with Gasteiger partial charge in [0.15, 0.2) is 5.52 Å². The monoisotopic (exact) mass is 444 g/mol. The Labute approximate surface area is 193 Å². The molecule has 0 atom stereocenters. The van der Waals surface area contributed by atoms with Crippen LogP contribution in [0.25, 0.3) is 22.3 Å². The maximum atomic E-state index is 13.4. The van der Waals surface area contributed by atoms with E-state index in [1.807, 2.05) is 19.1 Å². The third kappa shape index (κ3) is 4.55. The minimum atomic E-state index is -0.515. The molecule has 1 heterocycles. The van der Waals surface area contributed by atoms with Gasteiger partial charge in [0.1, 0.15) is 12.4 Å². The van der Waals surface area contributed by atoms with Crippen molar-refractivity contribution in [2.75, 3.05) is 6.61 Å². The summed E-state index contributed by atoms with van der Waals surface area (Å²) in [4.78, 5) is 19.4. The average molecular weight is 445 g/mol. The molecule has 4 aromatic rings. The summed E-state index contributed by atoms with van der Waals surface area (Å²) >= 11 is 0. The van der Waals surface area contributed by atoms with E-state index in [2.05, 4.69) is 32.9 Å². The molecule has 6 heteroatoms. The summed E-state index contributed by atoms with van der Waals surface area (Å²) in [6.45, 7) is 9.11. The summed E-state index contributed by atoms with van der Waals surface area (Å²) in [5.41, 5.74) is 2.96. The van der Waals surface area contributed by atoms with Crippen LogP contribution < -0.4 is 19.9 Å². The number of ether oxygens (including phenoxy) is 1. The van der Waals surface area contributed by atoms with Crippen LogP contribution >= 0.6 is 0 Å². The lowest BCUT2D eigenvalue weighted by Crippen LogP contribution is -2.42. The van der Waals surface area contributed by atoms with Crippen molar-refractivity contribution in [2.24, 2.45) is 0 Å². The van der Waals surface area contributed by atoms with E-state index in [0.717, 1.165) is 5.56 Å². The molecule has 0 spiro atoms. The molecule has 0 bridgehead atoms. The van der Waals surface area contributed by atoms with Gasteiger partial charge in [-0.1, -0.05) is 57.2 Å². The largest absolute Gasteiger partial charge is 0.618 e. The molecular weight excluding hydrogens is 416 g/mol. The fourth-order valence-corrected chi connectivity index (χ4v) is 3.71. The Hall–Kier alpha value is -3.80. The van der Waals surface area contributed by atoms with Crippen LogP contribution in [-0.2, 0) is 12.0 Å². The molecule has 0 radical (unpaired) electrons. The van der Waals surface area contributed by atoms with E-state index >= 15 is 0 Å². The summed E-state index contributed by atoms with van der Waals surface area (Å²) in [7, 11) is 0. The predicted octanol–water partition coefficient (Wildman–Crippen LogP) is 4.63. The summed E-state index contributed by atoms with van der Waals surface area (Å²) in [5.74, 6) is 0.676. The lowest BCUT2D eigenvalue weighted by atomic mass is 9.87. The van der Waals surface area contributed by atoms with Crippen LogP contribution in [0, 0.1) is 5.21 Å². The van der Waals surface area contributed by atoms with Gasteiger partial charge < -0.3 is 14.8 Å². The van der Waals surface area contributed by atoms with Gasteiger partial charge in [-0.2, -0.15) is 4.73 Å². The highest BCUT2D eigenvalue weighted by Gasteiger charge is 2.23. The first-order valence-electron chi connectivity index (χ1n) is 11.0. The molecule has 1 aromatic heterocycles. The van der Waals surface area contributed by atoms with E-state index in [-0.39, 0.29) is 17.7 Å². The second-order valence-electron chi connectivity index (χ2n) is 8.91. The number of hydrogen-bond acceptors (Lipinski definition) is 4. The van der Waals surface area contributed by atoms with Crippen LogP contribution in [0.15, 0.2) is 77.6 Å². The second-order valence-corrected chi connectivity index (χ2v) is 8.91. The lowest BCUT2D eigenvalue weighted by molar-refractivity contribution is -0.566. The van der Waals surface area contributed by atoms with E-state index < -0.39 is 5.56 Å². The molecule has 4 rings (SSSR count). The topological polar surface area (TPSA) is 67.4 Å². The highest BCUT2D eigenvalue weighted by atomic mass is 16.7. The van der Waals surface area contributed by atoms with Gasteiger partial charge in [0.25, 0.3) is 5.69 Å². The number of rotatable bonds is 6. The average Bonchev–Trinajstić information content (AvgIpc) is 2.80. The van der Waals surface area contributed by atoms with Gasteiger partial charge >= 0.3 is 5.56 Å². The van der Waals surface area contributed by atoms with E-state index in [1.165, 1.54) is 10.3 Å². The van der Waals surface area contributed by atoms with Crippen molar-refractivity contribution >= 4 is 11.0 Å². The summed E-state index contributed by atoms with van der Waals surface area (Å²) in [6.07, 6.45) is 0. The molecular formula is C27H28N2O4. The fraction of sp³-hybridized carbons (Fsp3) is 0.259. The van der Waals surface area contributed by atoms with Gasteiger partial charge in [-0.25, -0.2) is 0 Å². The molecule has 0 aliphatic rings. The van der Waals surface area contributed by atoms with Crippen molar-refractivity contribution in [3.8, 4) is 17.0 Å². The van der Waals surface area contributed by atoms with Crippen molar-refractivity contribution in [3.05, 3.63) is 99.5 Å². The van der Waals surface area contributed by atoms with Crippen molar-refractivity contribution in [2.45, 2.75) is 39.7 Å². The fourth-order valence-electron chi connectivity index (χ4n) is 3.71. The molecule has 6 nitrogen and oxygen atoms in total. The summed E-state index contributed by atoms with van der Waals surface area (Å²) < 4.78 is 7.36. The summed E-state index contributed by atoms with van der Waals surface area (Å²) in [6, 6.07) is 22.0. The maximum absolute atomic E-state index is 13.4. The van der Waals surface area contributed by atoms with Gasteiger partial charge in [0, 0.05) is 6.07 Å². The standard InChI is InChI=1S/C27H28N2O4/c1-5-32-22-16-12-20(13-17-22)25-26(30)29(24-9-7-6-8-23(24)28(25)31)33-18-19-10-14-21(15-11-19)27(2,3)4/h6-17H,5,18H2,1-4H3. The molecule has 0 saturated heterocycles. The van der Waals surface area contributed by atoms with E-state index in [0.29, 0.717) is 33.7 Å². The maximum Gasteiger partial charge on any atom is 0.357 e. The molecule has 0 aliphatic carbocycles. The minimum Gasteiger partial charge on any atom is -0.618 e. The molecule has 0 aliphatic heterocycles. The van der Waals surface area contributed by atoms with Crippen LogP contribution in [0.5, 0.6) is 5.75 Å². The highest BCUT2D eigenvalue weighted by Crippen LogP contribution is 2.23. The van der Waals surface area contributed by atoms with E-state index in [9.17, 15) is 10.0 Å². The number of fused-ring (bicyclic) bond motifs is 1. The van der Waals surface area contributed by atoms with Crippen LogP contribution in [0.2, 0.25) is 0 Å². The van der Waals surface area contributed by atoms with Crippen LogP contribution in [0.4, 0.5) is 0 Å². The van der Waals surface area contributed by atoms with Crippen LogP contribution in [0.1, 0.15) is 38.8 Å². The van der Waals surface area contributed by atoms with E-state index in [1.54, 1.807) is 48.5 Å². The normalized spacial score (nSPS) is 11.5. The third-order valence-corrected chi connectivity index (χ3v) is 5.53. The Morgan fingerprint density at radius 3 is 2.24 bits per heavy atom. The molecule has 0 amide bonds. The molecule has 33 heavy (non-hydrogen) atoms. The predicted molar refractivity (Wildman–Crippen MR) is 129 cm³/mol. The van der Waals surface area contributed by atoms with Crippen molar-refractivity contribution < 1.29 is 14.3 Å². The number of hydrogen-bond donors (Lipinski definition) is 0. The second kappa shape index (κ2) is 8.98. The molecule has 0 unspecified atom stereocenters. The molecule has 0 saturated carbocycles. The molecule has 0 N–H and O–H groups in total. The smallest absolute Gasteiger partial charge is 0.357 e. The molecule has 0 fully saturated rings. The van der Waals surface area contributed by atoms with Crippen molar-refractivity contribution in [3.63, 3.8) is 0 Å². The molecule has 3 aromatic carbocycles. The van der Waals surface area contributed by atoms with Gasteiger partial charge in [-0.05, 0) is 53.8 Å². The zero-order valence-corrected chi connectivity index (χ0v) is 19.4. The Kier molecular flexibility index (Phi) is 6.09. The molecule has 170 valence electrons. The van der Waals surface area contributed by atoms with Gasteiger partial charge in [-0.3, -0.25) is 4.79 Å². The SMILES string of the molecule is CCOc1ccc(-c2c(=O)n(OCc3ccc(C(C)(C)C)cc3)c3ccccc3[n+]2[O-])cc1.